The molecular weight excluding hydrogens is 506 g/mol. The molecule has 1 atom stereocenters. The number of benzene rings is 3. The molecule has 0 aromatic heterocycles. The maximum atomic E-state index is 12.9. The number of phenols is 1. The molecule has 10 heteroatoms. The molecule has 0 spiro atoms. The quantitative estimate of drug-likeness (QED) is 0.364. The largest absolute Gasteiger partial charge is 0.505 e. The van der Waals surface area contributed by atoms with E-state index in [1.165, 1.54) is 12.1 Å². The Kier molecular flexibility index (Phi) is 6.50. The van der Waals surface area contributed by atoms with Crippen LogP contribution in [0.1, 0.15) is 23.6 Å². The van der Waals surface area contributed by atoms with Crippen LogP contribution in [0.2, 0.25) is 10.0 Å². The second-order valence-electron chi connectivity index (χ2n) is 7.82. The van der Waals surface area contributed by atoms with Crippen molar-refractivity contribution in [3.05, 3.63) is 93.5 Å². The van der Waals surface area contributed by atoms with Crippen LogP contribution in [0.5, 0.6) is 5.75 Å². The number of amidine groups is 1. The molecule has 3 aromatic rings. The number of nitrogens with one attached hydrogen (secondary N) is 1. The average molecular weight is 524 g/mol. The summed E-state index contributed by atoms with van der Waals surface area (Å²) in [5.41, 5.74) is 0.377. The number of phenolic OH excluding ortho intramolecular Hbond substituents is 1. The molecule has 0 amide bonds. The van der Waals surface area contributed by atoms with E-state index in [2.05, 4.69) is 10.3 Å². The van der Waals surface area contributed by atoms with Crippen LogP contribution in [0.25, 0.3) is 0 Å². The Labute approximate surface area is 209 Å². The summed E-state index contributed by atoms with van der Waals surface area (Å²) >= 11 is 18.0. The third kappa shape index (κ3) is 4.45. The number of rotatable bonds is 4. The minimum atomic E-state index is -4.40. The molecule has 2 N–H and O–H groups in total. The minimum Gasteiger partial charge on any atom is -0.505 e. The lowest BCUT2D eigenvalue weighted by molar-refractivity contribution is -0.137. The lowest BCUT2D eigenvalue weighted by atomic mass is 9.89. The number of hydrogen-bond acceptors (Lipinski definition) is 3. The van der Waals surface area contributed by atoms with Crippen LogP contribution in [0.4, 0.5) is 18.9 Å². The zero-order chi connectivity index (χ0) is 24.7. The summed E-state index contributed by atoms with van der Waals surface area (Å²) in [5.74, 6) is 0.270. The molecule has 1 heterocycles. The third-order valence-corrected chi connectivity index (χ3v) is 6.49. The maximum Gasteiger partial charge on any atom is 0.416 e. The van der Waals surface area contributed by atoms with Crippen LogP contribution >= 0.6 is 35.4 Å². The van der Waals surface area contributed by atoms with E-state index < -0.39 is 17.3 Å². The summed E-state index contributed by atoms with van der Waals surface area (Å²) in [5, 5.41) is 13.6. The molecule has 1 unspecified atom stereocenters. The third-order valence-electron chi connectivity index (χ3n) is 5.63. The molecule has 0 aliphatic carbocycles. The SMILES string of the molecule is CC1(c2ccccc2)C(=NCc2ccc(C(F)(F)F)cc2)NC(=S)N1c1cc(Cl)c(O)c(Cl)c1. The molecule has 0 bridgehead atoms. The number of halogens is 5. The van der Waals surface area contributed by atoms with E-state index in [4.69, 9.17) is 35.4 Å². The van der Waals surface area contributed by atoms with Crippen molar-refractivity contribution in [2.24, 2.45) is 4.99 Å². The van der Waals surface area contributed by atoms with Crippen molar-refractivity contribution in [2.75, 3.05) is 4.90 Å². The van der Waals surface area contributed by atoms with Crippen molar-refractivity contribution in [1.29, 1.82) is 0 Å². The van der Waals surface area contributed by atoms with Gasteiger partial charge in [-0.1, -0.05) is 65.7 Å². The number of aliphatic imine (C=N–C) groups is 1. The van der Waals surface area contributed by atoms with Gasteiger partial charge in [0.25, 0.3) is 0 Å². The van der Waals surface area contributed by atoms with E-state index in [9.17, 15) is 18.3 Å². The summed E-state index contributed by atoms with van der Waals surface area (Å²) in [6.07, 6.45) is -4.40. The summed E-state index contributed by atoms with van der Waals surface area (Å²) in [7, 11) is 0. The van der Waals surface area contributed by atoms with Gasteiger partial charge in [0, 0.05) is 5.69 Å². The summed E-state index contributed by atoms with van der Waals surface area (Å²) in [6, 6.07) is 17.4. The van der Waals surface area contributed by atoms with E-state index in [1.807, 2.05) is 37.3 Å². The molecule has 4 nitrogen and oxygen atoms in total. The molecular formula is C24H18Cl2F3N3OS. The predicted octanol–water partition coefficient (Wildman–Crippen LogP) is 6.93. The highest BCUT2D eigenvalue weighted by atomic mass is 35.5. The monoisotopic (exact) mass is 523 g/mol. The fourth-order valence-corrected chi connectivity index (χ4v) is 4.70. The Hall–Kier alpha value is -2.81. The molecule has 4 rings (SSSR count). The van der Waals surface area contributed by atoms with Crippen molar-refractivity contribution in [3.63, 3.8) is 0 Å². The van der Waals surface area contributed by atoms with Gasteiger partial charge in [0.2, 0.25) is 0 Å². The van der Waals surface area contributed by atoms with Gasteiger partial charge in [-0.05, 0) is 54.5 Å². The van der Waals surface area contributed by atoms with E-state index in [1.54, 1.807) is 17.0 Å². The highest BCUT2D eigenvalue weighted by molar-refractivity contribution is 7.80. The number of aromatic hydroxyl groups is 1. The number of anilines is 1. The fourth-order valence-electron chi connectivity index (χ4n) is 3.84. The first-order valence-electron chi connectivity index (χ1n) is 10.1. The van der Waals surface area contributed by atoms with Crippen molar-refractivity contribution >= 4 is 52.1 Å². The van der Waals surface area contributed by atoms with Gasteiger partial charge in [-0.3, -0.25) is 4.99 Å². The molecule has 1 fully saturated rings. The normalized spacial score (nSPS) is 19.5. The van der Waals surface area contributed by atoms with Gasteiger partial charge in [0.1, 0.15) is 11.4 Å². The molecule has 34 heavy (non-hydrogen) atoms. The molecule has 1 aliphatic heterocycles. The minimum absolute atomic E-state index is 0.0656. The van der Waals surface area contributed by atoms with Gasteiger partial charge in [0.15, 0.2) is 10.9 Å². The fraction of sp³-hybridized carbons (Fsp3) is 0.167. The summed E-state index contributed by atoms with van der Waals surface area (Å²) < 4.78 is 38.6. The zero-order valence-corrected chi connectivity index (χ0v) is 20.0. The van der Waals surface area contributed by atoms with Crippen molar-refractivity contribution < 1.29 is 18.3 Å². The molecule has 176 valence electrons. The van der Waals surface area contributed by atoms with Crippen LogP contribution in [-0.2, 0) is 18.3 Å². The van der Waals surface area contributed by atoms with E-state index in [-0.39, 0.29) is 22.3 Å². The molecule has 1 saturated heterocycles. The Morgan fingerprint density at radius 3 is 2.18 bits per heavy atom. The average Bonchev–Trinajstić information content (AvgIpc) is 3.06. The molecule has 1 aliphatic rings. The maximum absolute atomic E-state index is 12.9. The van der Waals surface area contributed by atoms with E-state index in [0.717, 1.165) is 17.7 Å². The van der Waals surface area contributed by atoms with Crippen LogP contribution < -0.4 is 10.2 Å². The second-order valence-corrected chi connectivity index (χ2v) is 9.02. The smallest absolute Gasteiger partial charge is 0.416 e. The number of nitrogens with zero attached hydrogens (tertiary/aromatic N) is 2. The first-order chi connectivity index (χ1) is 16.0. The van der Waals surface area contributed by atoms with Gasteiger partial charge in [0.05, 0.1) is 22.2 Å². The highest BCUT2D eigenvalue weighted by Crippen LogP contribution is 2.43. The second kappa shape index (κ2) is 9.09. The summed E-state index contributed by atoms with van der Waals surface area (Å²) in [4.78, 5) is 6.48. The van der Waals surface area contributed by atoms with Crippen LogP contribution in [0.15, 0.2) is 71.7 Å². The van der Waals surface area contributed by atoms with Crippen molar-refractivity contribution in [1.82, 2.24) is 5.32 Å². The Morgan fingerprint density at radius 1 is 1.03 bits per heavy atom. The lowest BCUT2D eigenvalue weighted by Gasteiger charge is -2.35. The Balaban J connectivity index is 1.76. The predicted molar refractivity (Wildman–Crippen MR) is 133 cm³/mol. The van der Waals surface area contributed by atoms with Gasteiger partial charge in [-0.25, -0.2) is 0 Å². The van der Waals surface area contributed by atoms with Gasteiger partial charge in [-0.2, -0.15) is 13.2 Å². The zero-order valence-electron chi connectivity index (χ0n) is 17.7. The highest BCUT2D eigenvalue weighted by Gasteiger charge is 2.47. The first kappa shape index (κ1) is 24.3. The standard InChI is InChI=1S/C24H18Cl2F3N3OS/c1-23(15-5-3-2-4-6-15)21(30-13-14-7-9-16(10-8-14)24(27,28)29)31-22(34)32(23)17-11-18(25)20(33)19(26)12-17/h2-12,33H,13H2,1H3,(H,30,31,34). The lowest BCUT2D eigenvalue weighted by Crippen LogP contribution is -2.44. The first-order valence-corrected chi connectivity index (χ1v) is 11.2. The molecule has 0 saturated carbocycles. The van der Waals surface area contributed by atoms with E-state index in [0.29, 0.717) is 22.2 Å². The van der Waals surface area contributed by atoms with Crippen molar-refractivity contribution in [2.45, 2.75) is 25.2 Å². The van der Waals surface area contributed by atoms with Gasteiger partial charge in [-0.15, -0.1) is 0 Å². The molecule has 3 aromatic carbocycles. The van der Waals surface area contributed by atoms with Gasteiger partial charge < -0.3 is 15.3 Å². The topological polar surface area (TPSA) is 47.9 Å². The van der Waals surface area contributed by atoms with E-state index >= 15 is 0 Å². The van der Waals surface area contributed by atoms with Crippen molar-refractivity contribution in [3.8, 4) is 5.75 Å². The molecule has 0 radical (unpaired) electrons. The summed E-state index contributed by atoms with van der Waals surface area (Å²) in [6.45, 7) is 2.05. The van der Waals surface area contributed by atoms with Crippen LogP contribution in [-0.4, -0.2) is 16.1 Å². The van der Waals surface area contributed by atoms with Crippen LogP contribution in [0.3, 0.4) is 0 Å². The van der Waals surface area contributed by atoms with Crippen LogP contribution in [0, 0.1) is 0 Å². The number of hydrogen-bond donors (Lipinski definition) is 2. The Morgan fingerprint density at radius 2 is 1.62 bits per heavy atom. The van der Waals surface area contributed by atoms with Gasteiger partial charge >= 0.3 is 6.18 Å². The Bertz CT molecular complexity index is 1240. The number of thiocarbonyl (C=S) groups is 1. The number of alkyl halides is 3.